The van der Waals surface area contributed by atoms with E-state index in [1.807, 2.05) is 54.9 Å². The standard InChI is InChI=1S/C20H27N5O/c21-19(16-17-4-2-1-3-5-17)20(26)23-10-11-24-12-14-25(15-13-24)18-6-8-22-9-7-18/h1-9,19H,10-16,21H2,(H,23,26)/t19-/m0/s1. The Labute approximate surface area is 155 Å². The third-order valence-electron chi connectivity index (χ3n) is 4.76. The summed E-state index contributed by atoms with van der Waals surface area (Å²) < 4.78 is 0. The van der Waals surface area contributed by atoms with Crippen molar-refractivity contribution in [2.45, 2.75) is 12.5 Å². The van der Waals surface area contributed by atoms with E-state index in [1.165, 1.54) is 5.69 Å². The van der Waals surface area contributed by atoms with E-state index in [-0.39, 0.29) is 5.91 Å². The smallest absolute Gasteiger partial charge is 0.237 e. The molecule has 1 aromatic carbocycles. The molecule has 1 aliphatic heterocycles. The number of amides is 1. The van der Waals surface area contributed by atoms with Crippen LogP contribution in [0.15, 0.2) is 54.9 Å². The van der Waals surface area contributed by atoms with Crippen LogP contribution in [0.1, 0.15) is 5.56 Å². The Morgan fingerprint density at radius 3 is 2.46 bits per heavy atom. The van der Waals surface area contributed by atoms with Crippen molar-refractivity contribution in [1.82, 2.24) is 15.2 Å². The maximum Gasteiger partial charge on any atom is 0.237 e. The van der Waals surface area contributed by atoms with Gasteiger partial charge in [0.15, 0.2) is 0 Å². The number of anilines is 1. The number of nitrogens with zero attached hydrogens (tertiary/aromatic N) is 3. The van der Waals surface area contributed by atoms with E-state index in [9.17, 15) is 4.79 Å². The van der Waals surface area contributed by atoms with Crippen LogP contribution in [0.5, 0.6) is 0 Å². The molecule has 0 unspecified atom stereocenters. The van der Waals surface area contributed by atoms with Gasteiger partial charge in [-0.3, -0.25) is 14.7 Å². The van der Waals surface area contributed by atoms with Gasteiger partial charge in [-0.1, -0.05) is 30.3 Å². The van der Waals surface area contributed by atoms with E-state index >= 15 is 0 Å². The number of hydrogen-bond donors (Lipinski definition) is 2. The summed E-state index contributed by atoms with van der Waals surface area (Å²) in [5.74, 6) is -0.0794. The van der Waals surface area contributed by atoms with Gasteiger partial charge in [0.1, 0.15) is 0 Å². The average molecular weight is 353 g/mol. The Balaban J connectivity index is 1.34. The quantitative estimate of drug-likeness (QED) is 0.773. The molecule has 1 aromatic heterocycles. The highest BCUT2D eigenvalue weighted by Gasteiger charge is 2.18. The van der Waals surface area contributed by atoms with Crippen molar-refractivity contribution in [2.24, 2.45) is 5.73 Å². The second kappa shape index (κ2) is 9.31. The van der Waals surface area contributed by atoms with E-state index in [4.69, 9.17) is 5.73 Å². The van der Waals surface area contributed by atoms with E-state index < -0.39 is 6.04 Å². The molecule has 1 fully saturated rings. The number of nitrogens with two attached hydrogens (primary N) is 1. The van der Waals surface area contributed by atoms with Crippen LogP contribution in [-0.4, -0.2) is 61.1 Å². The molecule has 2 heterocycles. The molecule has 1 aliphatic rings. The molecule has 6 heteroatoms. The van der Waals surface area contributed by atoms with E-state index in [0.717, 1.165) is 38.3 Å². The summed E-state index contributed by atoms with van der Waals surface area (Å²) >= 11 is 0. The lowest BCUT2D eigenvalue weighted by molar-refractivity contribution is -0.122. The summed E-state index contributed by atoms with van der Waals surface area (Å²) in [5, 5.41) is 2.97. The fourth-order valence-corrected chi connectivity index (χ4v) is 3.21. The molecule has 0 saturated carbocycles. The molecule has 3 N–H and O–H groups in total. The minimum Gasteiger partial charge on any atom is -0.369 e. The summed E-state index contributed by atoms with van der Waals surface area (Å²) in [6, 6.07) is 13.5. The highest BCUT2D eigenvalue weighted by atomic mass is 16.2. The molecule has 0 bridgehead atoms. The largest absolute Gasteiger partial charge is 0.369 e. The summed E-state index contributed by atoms with van der Waals surface area (Å²) in [7, 11) is 0. The van der Waals surface area contributed by atoms with Crippen LogP contribution in [-0.2, 0) is 11.2 Å². The highest BCUT2D eigenvalue weighted by molar-refractivity contribution is 5.81. The number of aromatic nitrogens is 1. The molecule has 0 radical (unpaired) electrons. The van der Waals surface area contributed by atoms with Crippen molar-refractivity contribution in [3.63, 3.8) is 0 Å². The van der Waals surface area contributed by atoms with Crippen molar-refractivity contribution >= 4 is 11.6 Å². The van der Waals surface area contributed by atoms with E-state index in [0.29, 0.717) is 13.0 Å². The molecule has 6 nitrogen and oxygen atoms in total. The Kier molecular flexibility index (Phi) is 6.57. The number of piperazine rings is 1. The first-order valence-electron chi connectivity index (χ1n) is 9.17. The number of rotatable bonds is 7. The molecule has 138 valence electrons. The van der Waals surface area contributed by atoms with Gasteiger partial charge in [-0.2, -0.15) is 0 Å². The van der Waals surface area contributed by atoms with E-state index in [2.05, 4.69) is 20.1 Å². The minimum absolute atomic E-state index is 0.0794. The van der Waals surface area contributed by atoms with Gasteiger partial charge < -0.3 is 16.0 Å². The number of pyridine rings is 1. The molecular weight excluding hydrogens is 326 g/mol. The fraction of sp³-hybridized carbons (Fsp3) is 0.400. The summed E-state index contributed by atoms with van der Waals surface area (Å²) in [4.78, 5) is 21.0. The summed E-state index contributed by atoms with van der Waals surface area (Å²) in [6.07, 6.45) is 4.23. The first-order valence-corrected chi connectivity index (χ1v) is 9.17. The van der Waals surface area contributed by atoms with Crippen molar-refractivity contribution in [1.29, 1.82) is 0 Å². The molecule has 0 spiro atoms. The van der Waals surface area contributed by atoms with Gasteiger partial charge in [0, 0.05) is 57.3 Å². The van der Waals surface area contributed by atoms with Gasteiger partial charge >= 0.3 is 0 Å². The first kappa shape index (κ1) is 18.4. The molecule has 3 rings (SSSR count). The van der Waals surface area contributed by atoms with Crippen LogP contribution in [0.3, 0.4) is 0 Å². The minimum atomic E-state index is -0.499. The van der Waals surface area contributed by atoms with Crippen LogP contribution < -0.4 is 16.0 Å². The number of benzene rings is 1. The normalized spacial score (nSPS) is 16.3. The van der Waals surface area contributed by atoms with Gasteiger partial charge in [0.25, 0.3) is 0 Å². The zero-order chi connectivity index (χ0) is 18.2. The third kappa shape index (κ3) is 5.28. The van der Waals surface area contributed by atoms with Gasteiger partial charge in [0.2, 0.25) is 5.91 Å². The van der Waals surface area contributed by atoms with Gasteiger partial charge in [-0.15, -0.1) is 0 Å². The van der Waals surface area contributed by atoms with E-state index in [1.54, 1.807) is 0 Å². The van der Waals surface area contributed by atoms with Crippen LogP contribution in [0.25, 0.3) is 0 Å². The number of carbonyl (C=O) groups is 1. The summed E-state index contributed by atoms with van der Waals surface area (Å²) in [6.45, 7) is 5.46. The lowest BCUT2D eigenvalue weighted by atomic mass is 10.1. The second-order valence-corrected chi connectivity index (χ2v) is 6.62. The monoisotopic (exact) mass is 353 g/mol. The first-order chi connectivity index (χ1) is 12.7. The maximum absolute atomic E-state index is 12.2. The second-order valence-electron chi connectivity index (χ2n) is 6.62. The zero-order valence-corrected chi connectivity index (χ0v) is 15.1. The maximum atomic E-state index is 12.2. The molecule has 2 aromatic rings. The Bertz CT molecular complexity index is 671. The van der Waals surface area contributed by atoms with Crippen LogP contribution in [0.4, 0.5) is 5.69 Å². The van der Waals surface area contributed by atoms with Crippen LogP contribution in [0, 0.1) is 0 Å². The van der Waals surface area contributed by atoms with Crippen molar-refractivity contribution in [2.75, 3.05) is 44.2 Å². The fourth-order valence-electron chi connectivity index (χ4n) is 3.21. The van der Waals surface area contributed by atoms with Crippen molar-refractivity contribution in [3.05, 3.63) is 60.4 Å². The predicted octanol–water partition coefficient (Wildman–Crippen LogP) is 0.890. The Morgan fingerprint density at radius 2 is 1.77 bits per heavy atom. The predicted molar refractivity (Wildman–Crippen MR) is 104 cm³/mol. The lowest BCUT2D eigenvalue weighted by Crippen LogP contribution is -2.50. The zero-order valence-electron chi connectivity index (χ0n) is 15.1. The molecular formula is C20H27N5O. The lowest BCUT2D eigenvalue weighted by Gasteiger charge is -2.36. The summed E-state index contributed by atoms with van der Waals surface area (Å²) in [5.41, 5.74) is 8.32. The Morgan fingerprint density at radius 1 is 1.08 bits per heavy atom. The van der Waals surface area contributed by atoms with Gasteiger partial charge in [-0.05, 0) is 24.1 Å². The number of hydrogen-bond acceptors (Lipinski definition) is 5. The SMILES string of the molecule is N[C@@H](Cc1ccccc1)C(=O)NCCN1CCN(c2ccncc2)CC1. The highest BCUT2D eigenvalue weighted by Crippen LogP contribution is 2.14. The number of carbonyl (C=O) groups excluding carboxylic acids is 1. The molecule has 0 aliphatic carbocycles. The van der Waals surface area contributed by atoms with Crippen LogP contribution in [0.2, 0.25) is 0 Å². The topological polar surface area (TPSA) is 74.5 Å². The average Bonchev–Trinajstić information content (AvgIpc) is 2.70. The molecule has 26 heavy (non-hydrogen) atoms. The molecule has 1 saturated heterocycles. The third-order valence-corrected chi connectivity index (χ3v) is 4.76. The number of nitrogens with one attached hydrogen (secondary N) is 1. The van der Waals surface area contributed by atoms with Gasteiger partial charge in [0.05, 0.1) is 6.04 Å². The molecule has 1 amide bonds. The molecule has 1 atom stereocenters. The van der Waals surface area contributed by atoms with Crippen molar-refractivity contribution in [3.8, 4) is 0 Å². The van der Waals surface area contributed by atoms with Crippen molar-refractivity contribution < 1.29 is 4.79 Å². The van der Waals surface area contributed by atoms with Crippen LogP contribution >= 0.6 is 0 Å². The van der Waals surface area contributed by atoms with Gasteiger partial charge in [-0.25, -0.2) is 0 Å². The Hall–Kier alpha value is -2.44.